The van der Waals surface area contributed by atoms with Gasteiger partial charge in [-0.15, -0.1) is 11.6 Å². The highest BCUT2D eigenvalue weighted by Crippen LogP contribution is 2.32. The van der Waals surface area contributed by atoms with E-state index in [1.165, 1.54) is 23.5 Å². The van der Waals surface area contributed by atoms with Crippen LogP contribution in [0.25, 0.3) is 10.4 Å². The molecule has 0 aliphatic heterocycles. The van der Waals surface area contributed by atoms with Crippen molar-refractivity contribution in [1.82, 2.24) is 4.98 Å². The molecule has 2 N–H and O–H groups in total. The van der Waals surface area contributed by atoms with Crippen molar-refractivity contribution < 1.29 is 4.39 Å². The van der Waals surface area contributed by atoms with Crippen LogP contribution >= 0.6 is 22.9 Å². The van der Waals surface area contributed by atoms with Gasteiger partial charge in [0, 0.05) is 0 Å². The predicted octanol–water partition coefficient (Wildman–Crippen LogP) is 3.27. The fourth-order valence-electron chi connectivity index (χ4n) is 1.29. The third-order valence-electron chi connectivity index (χ3n) is 1.95. The Morgan fingerprint density at radius 3 is 2.60 bits per heavy atom. The molecular formula is C10H8ClFN2S. The van der Waals surface area contributed by atoms with Gasteiger partial charge in [-0.1, -0.05) is 23.5 Å². The van der Waals surface area contributed by atoms with Crippen LogP contribution in [0.1, 0.15) is 5.69 Å². The molecule has 0 bridgehead atoms. The molecule has 78 valence electrons. The highest BCUT2D eigenvalue weighted by Gasteiger charge is 2.10. The lowest BCUT2D eigenvalue weighted by Gasteiger charge is -1.98. The Labute approximate surface area is 95.5 Å². The maximum absolute atomic E-state index is 12.7. The van der Waals surface area contributed by atoms with Crippen LogP contribution in [0, 0.1) is 5.82 Å². The molecular weight excluding hydrogens is 235 g/mol. The lowest BCUT2D eigenvalue weighted by atomic mass is 10.1. The fourth-order valence-corrected chi connectivity index (χ4v) is 2.41. The second-order valence-electron chi connectivity index (χ2n) is 2.97. The van der Waals surface area contributed by atoms with E-state index in [2.05, 4.69) is 4.98 Å². The molecule has 0 saturated carbocycles. The molecule has 0 fully saturated rings. The molecule has 0 aliphatic carbocycles. The lowest BCUT2D eigenvalue weighted by Crippen LogP contribution is -1.85. The Hall–Kier alpha value is -1.13. The summed E-state index contributed by atoms with van der Waals surface area (Å²) >= 11 is 7.10. The van der Waals surface area contributed by atoms with Crippen molar-refractivity contribution in [3.63, 3.8) is 0 Å². The first-order chi connectivity index (χ1) is 7.20. The maximum atomic E-state index is 12.7. The minimum Gasteiger partial charge on any atom is -0.375 e. The molecule has 0 aliphatic rings. The van der Waals surface area contributed by atoms with Gasteiger partial charge in [-0.2, -0.15) is 0 Å². The van der Waals surface area contributed by atoms with E-state index in [1.54, 1.807) is 12.1 Å². The van der Waals surface area contributed by atoms with Crippen molar-refractivity contribution in [2.75, 3.05) is 5.73 Å². The number of nitrogens with zero attached hydrogens (tertiary/aromatic N) is 1. The van der Waals surface area contributed by atoms with Crippen LogP contribution in [0.4, 0.5) is 9.52 Å². The summed E-state index contributed by atoms with van der Waals surface area (Å²) < 4.78 is 12.7. The van der Waals surface area contributed by atoms with Crippen molar-refractivity contribution in [1.29, 1.82) is 0 Å². The average molecular weight is 243 g/mol. The molecule has 15 heavy (non-hydrogen) atoms. The monoisotopic (exact) mass is 242 g/mol. The van der Waals surface area contributed by atoms with E-state index in [4.69, 9.17) is 17.3 Å². The number of alkyl halides is 1. The topological polar surface area (TPSA) is 38.9 Å². The number of nitrogen functional groups attached to an aromatic ring is 1. The van der Waals surface area contributed by atoms with Crippen LogP contribution in [0.5, 0.6) is 0 Å². The molecule has 0 spiro atoms. The molecule has 2 rings (SSSR count). The number of hydrogen-bond acceptors (Lipinski definition) is 3. The van der Waals surface area contributed by atoms with Crippen LogP contribution < -0.4 is 5.73 Å². The van der Waals surface area contributed by atoms with Gasteiger partial charge in [-0.05, 0) is 17.7 Å². The summed E-state index contributed by atoms with van der Waals surface area (Å²) in [5.41, 5.74) is 7.23. The first kappa shape index (κ1) is 10.4. The summed E-state index contributed by atoms with van der Waals surface area (Å²) in [5, 5.41) is 0.477. The van der Waals surface area contributed by atoms with E-state index in [1.807, 2.05) is 0 Å². The predicted molar refractivity (Wildman–Crippen MR) is 61.5 cm³/mol. The van der Waals surface area contributed by atoms with Gasteiger partial charge >= 0.3 is 0 Å². The van der Waals surface area contributed by atoms with Gasteiger partial charge in [-0.3, -0.25) is 0 Å². The zero-order chi connectivity index (χ0) is 10.8. The molecule has 5 heteroatoms. The summed E-state index contributed by atoms with van der Waals surface area (Å²) in [6.07, 6.45) is 0. The highest BCUT2D eigenvalue weighted by atomic mass is 35.5. The lowest BCUT2D eigenvalue weighted by molar-refractivity contribution is 0.628. The zero-order valence-corrected chi connectivity index (χ0v) is 9.28. The molecule has 1 heterocycles. The van der Waals surface area contributed by atoms with Crippen molar-refractivity contribution >= 4 is 28.1 Å². The zero-order valence-electron chi connectivity index (χ0n) is 7.71. The second kappa shape index (κ2) is 4.16. The quantitative estimate of drug-likeness (QED) is 0.821. The highest BCUT2D eigenvalue weighted by molar-refractivity contribution is 7.18. The van der Waals surface area contributed by atoms with Crippen molar-refractivity contribution in [3.05, 3.63) is 35.8 Å². The maximum Gasteiger partial charge on any atom is 0.180 e. The Morgan fingerprint density at radius 1 is 1.33 bits per heavy atom. The summed E-state index contributed by atoms with van der Waals surface area (Å²) in [7, 11) is 0. The Kier molecular flexibility index (Phi) is 2.88. The number of rotatable bonds is 2. The summed E-state index contributed by atoms with van der Waals surface area (Å²) in [4.78, 5) is 5.00. The third kappa shape index (κ3) is 2.11. The van der Waals surface area contributed by atoms with Crippen molar-refractivity contribution in [3.8, 4) is 10.4 Å². The Morgan fingerprint density at radius 2 is 2.00 bits per heavy atom. The van der Waals surface area contributed by atoms with Gasteiger partial charge in [-0.25, -0.2) is 9.37 Å². The molecule has 1 aromatic heterocycles. The number of anilines is 1. The Balaban J connectivity index is 2.48. The fraction of sp³-hybridized carbons (Fsp3) is 0.100. The Bertz CT molecular complexity index is 467. The van der Waals surface area contributed by atoms with E-state index in [0.29, 0.717) is 11.0 Å². The number of thiazole rings is 1. The number of halogens is 2. The van der Waals surface area contributed by atoms with Crippen LogP contribution in [0.2, 0.25) is 0 Å². The van der Waals surface area contributed by atoms with Gasteiger partial charge in [0.05, 0.1) is 16.5 Å². The van der Waals surface area contributed by atoms with Gasteiger partial charge in [0.15, 0.2) is 5.13 Å². The van der Waals surface area contributed by atoms with Crippen LogP contribution in [0.3, 0.4) is 0 Å². The summed E-state index contributed by atoms with van der Waals surface area (Å²) in [5.74, 6) is 0.0455. The van der Waals surface area contributed by atoms with E-state index < -0.39 is 0 Å². The van der Waals surface area contributed by atoms with Gasteiger partial charge in [0.2, 0.25) is 0 Å². The van der Waals surface area contributed by atoms with E-state index >= 15 is 0 Å². The van der Waals surface area contributed by atoms with E-state index in [-0.39, 0.29) is 5.82 Å². The van der Waals surface area contributed by atoms with Crippen LogP contribution in [0.15, 0.2) is 24.3 Å². The molecule has 0 amide bonds. The first-order valence-electron chi connectivity index (χ1n) is 4.28. The molecule has 0 radical (unpaired) electrons. The second-order valence-corrected chi connectivity index (χ2v) is 4.27. The third-order valence-corrected chi connectivity index (χ3v) is 3.18. The molecule has 0 unspecified atom stereocenters. The molecule has 0 saturated heterocycles. The van der Waals surface area contributed by atoms with E-state index in [0.717, 1.165) is 16.1 Å². The number of nitrogens with two attached hydrogens (primary N) is 1. The van der Waals surface area contributed by atoms with Gasteiger partial charge in [0.25, 0.3) is 0 Å². The summed E-state index contributed by atoms with van der Waals surface area (Å²) in [6.45, 7) is 0. The summed E-state index contributed by atoms with van der Waals surface area (Å²) in [6, 6.07) is 6.20. The number of benzene rings is 1. The van der Waals surface area contributed by atoms with E-state index in [9.17, 15) is 4.39 Å². The SMILES string of the molecule is Nc1nc(CCl)c(-c2ccc(F)cc2)s1. The van der Waals surface area contributed by atoms with Gasteiger partial charge < -0.3 is 5.73 Å². The minimum absolute atomic E-state index is 0.260. The van der Waals surface area contributed by atoms with Gasteiger partial charge in [0.1, 0.15) is 5.82 Å². The largest absolute Gasteiger partial charge is 0.375 e. The molecule has 2 aromatic rings. The smallest absolute Gasteiger partial charge is 0.180 e. The minimum atomic E-state index is -0.260. The number of aromatic nitrogens is 1. The molecule has 2 nitrogen and oxygen atoms in total. The van der Waals surface area contributed by atoms with Crippen molar-refractivity contribution in [2.24, 2.45) is 0 Å². The van der Waals surface area contributed by atoms with Crippen molar-refractivity contribution in [2.45, 2.75) is 5.88 Å². The normalized spacial score (nSPS) is 10.5. The standard InChI is InChI=1S/C10H8ClFN2S/c11-5-8-9(15-10(13)14-8)6-1-3-7(12)4-2-6/h1-4H,5H2,(H2,13,14). The average Bonchev–Trinajstić information content (AvgIpc) is 2.61. The molecule has 0 atom stereocenters. The molecule has 1 aromatic carbocycles. The number of hydrogen-bond donors (Lipinski definition) is 1. The first-order valence-corrected chi connectivity index (χ1v) is 5.63. The van der Waals surface area contributed by atoms with Crippen LogP contribution in [-0.4, -0.2) is 4.98 Å². The van der Waals surface area contributed by atoms with Crippen LogP contribution in [-0.2, 0) is 5.88 Å².